The Balaban J connectivity index is 2.54. The zero-order chi connectivity index (χ0) is 12.0. The molecular weight excluding hydrogens is 204 g/mol. The summed E-state index contributed by atoms with van der Waals surface area (Å²) in [6.45, 7) is 7.56. The Hall–Kier alpha value is -1.06. The van der Waals surface area contributed by atoms with Gasteiger partial charge in [0, 0.05) is 6.61 Å². The van der Waals surface area contributed by atoms with Crippen molar-refractivity contribution in [2.24, 2.45) is 0 Å². The van der Waals surface area contributed by atoms with Crippen molar-refractivity contribution in [3.8, 4) is 5.75 Å². The highest BCUT2D eigenvalue weighted by Gasteiger charge is 2.04. The van der Waals surface area contributed by atoms with Crippen LogP contribution in [-0.4, -0.2) is 24.9 Å². The summed E-state index contributed by atoms with van der Waals surface area (Å²) in [5.41, 5.74) is 1.95. The minimum absolute atomic E-state index is 0.434. The van der Waals surface area contributed by atoms with Gasteiger partial charge >= 0.3 is 0 Å². The fourth-order valence-corrected chi connectivity index (χ4v) is 1.45. The standard InChI is InChI=1S/C13H20O3/c1-4-15-7-8-16-13-6-5-12(11(3)14)9-10(13)2/h5-6,9,11,14H,4,7-8H2,1-3H3/t11-/m0/s1. The van der Waals surface area contributed by atoms with Crippen LogP contribution in [0.5, 0.6) is 5.75 Å². The summed E-state index contributed by atoms with van der Waals surface area (Å²) in [5, 5.41) is 9.42. The zero-order valence-corrected chi connectivity index (χ0v) is 10.2. The summed E-state index contributed by atoms with van der Waals surface area (Å²) in [6.07, 6.45) is -0.434. The molecule has 1 aromatic rings. The molecule has 1 rings (SSSR count). The van der Waals surface area contributed by atoms with Crippen LogP contribution in [0.2, 0.25) is 0 Å². The average molecular weight is 224 g/mol. The lowest BCUT2D eigenvalue weighted by Crippen LogP contribution is -2.07. The Morgan fingerprint density at radius 2 is 2.06 bits per heavy atom. The van der Waals surface area contributed by atoms with E-state index in [4.69, 9.17) is 9.47 Å². The molecule has 3 heteroatoms. The predicted octanol–water partition coefficient (Wildman–Crippen LogP) is 2.46. The summed E-state index contributed by atoms with van der Waals surface area (Å²) < 4.78 is 10.8. The minimum atomic E-state index is -0.434. The van der Waals surface area contributed by atoms with Gasteiger partial charge < -0.3 is 14.6 Å². The van der Waals surface area contributed by atoms with Crippen molar-refractivity contribution in [3.05, 3.63) is 29.3 Å². The largest absolute Gasteiger partial charge is 0.491 e. The molecule has 0 aliphatic rings. The summed E-state index contributed by atoms with van der Waals surface area (Å²) in [4.78, 5) is 0. The number of benzene rings is 1. The molecule has 0 saturated carbocycles. The highest BCUT2D eigenvalue weighted by Crippen LogP contribution is 2.22. The highest BCUT2D eigenvalue weighted by molar-refractivity contribution is 5.36. The van der Waals surface area contributed by atoms with Crippen molar-refractivity contribution in [2.75, 3.05) is 19.8 Å². The molecule has 16 heavy (non-hydrogen) atoms. The van der Waals surface area contributed by atoms with Gasteiger partial charge in [-0.2, -0.15) is 0 Å². The van der Waals surface area contributed by atoms with E-state index in [-0.39, 0.29) is 0 Å². The lowest BCUT2D eigenvalue weighted by atomic mass is 10.1. The molecule has 90 valence electrons. The molecule has 0 saturated heterocycles. The zero-order valence-electron chi connectivity index (χ0n) is 10.2. The number of aliphatic hydroxyl groups excluding tert-OH is 1. The summed E-state index contributed by atoms with van der Waals surface area (Å²) in [7, 11) is 0. The van der Waals surface area contributed by atoms with Crippen molar-refractivity contribution < 1.29 is 14.6 Å². The second-order valence-corrected chi connectivity index (χ2v) is 3.75. The first kappa shape index (κ1) is 13.0. The van der Waals surface area contributed by atoms with Crippen LogP contribution in [0.15, 0.2) is 18.2 Å². The maximum atomic E-state index is 9.42. The van der Waals surface area contributed by atoms with Crippen LogP contribution in [0.3, 0.4) is 0 Å². The van der Waals surface area contributed by atoms with Gasteiger partial charge in [0.1, 0.15) is 12.4 Å². The third-order valence-corrected chi connectivity index (χ3v) is 2.37. The maximum absolute atomic E-state index is 9.42. The average Bonchev–Trinajstić information content (AvgIpc) is 2.26. The van der Waals surface area contributed by atoms with Crippen LogP contribution in [0.1, 0.15) is 31.1 Å². The minimum Gasteiger partial charge on any atom is -0.491 e. The van der Waals surface area contributed by atoms with Gasteiger partial charge in [0.25, 0.3) is 0 Å². The predicted molar refractivity (Wildman–Crippen MR) is 63.8 cm³/mol. The first-order chi connectivity index (χ1) is 7.65. The van der Waals surface area contributed by atoms with E-state index < -0.39 is 6.10 Å². The Bertz CT molecular complexity index is 321. The topological polar surface area (TPSA) is 38.7 Å². The molecule has 0 fully saturated rings. The number of aliphatic hydroxyl groups is 1. The van der Waals surface area contributed by atoms with E-state index >= 15 is 0 Å². The van der Waals surface area contributed by atoms with Gasteiger partial charge in [-0.15, -0.1) is 0 Å². The van der Waals surface area contributed by atoms with E-state index in [1.807, 2.05) is 32.0 Å². The number of ether oxygens (including phenoxy) is 2. The first-order valence-electron chi connectivity index (χ1n) is 5.64. The van der Waals surface area contributed by atoms with E-state index in [2.05, 4.69) is 0 Å². The molecule has 0 spiro atoms. The monoisotopic (exact) mass is 224 g/mol. The SMILES string of the molecule is CCOCCOc1ccc([C@H](C)O)cc1C. The molecule has 0 aromatic heterocycles. The number of hydrogen-bond donors (Lipinski definition) is 1. The Labute approximate surface area is 97.0 Å². The lowest BCUT2D eigenvalue weighted by molar-refractivity contribution is 0.110. The molecular formula is C13H20O3. The summed E-state index contributed by atoms with van der Waals surface area (Å²) in [6, 6.07) is 5.72. The van der Waals surface area contributed by atoms with E-state index in [1.54, 1.807) is 6.92 Å². The van der Waals surface area contributed by atoms with Crippen molar-refractivity contribution >= 4 is 0 Å². The molecule has 0 aliphatic carbocycles. The Morgan fingerprint density at radius 1 is 1.31 bits per heavy atom. The van der Waals surface area contributed by atoms with Gasteiger partial charge in [-0.05, 0) is 44.0 Å². The van der Waals surface area contributed by atoms with E-state index in [0.717, 1.165) is 16.9 Å². The molecule has 1 N–H and O–H groups in total. The van der Waals surface area contributed by atoms with Gasteiger partial charge in [0.05, 0.1) is 12.7 Å². The van der Waals surface area contributed by atoms with Gasteiger partial charge in [-0.25, -0.2) is 0 Å². The smallest absolute Gasteiger partial charge is 0.122 e. The fourth-order valence-electron chi connectivity index (χ4n) is 1.45. The second kappa shape index (κ2) is 6.51. The number of aryl methyl sites for hydroxylation is 1. The normalized spacial score (nSPS) is 12.5. The Kier molecular flexibility index (Phi) is 5.29. The molecule has 0 unspecified atom stereocenters. The van der Waals surface area contributed by atoms with Crippen LogP contribution >= 0.6 is 0 Å². The van der Waals surface area contributed by atoms with Crippen molar-refractivity contribution in [2.45, 2.75) is 26.9 Å². The van der Waals surface area contributed by atoms with Gasteiger partial charge in [-0.1, -0.05) is 6.07 Å². The Morgan fingerprint density at radius 3 is 2.62 bits per heavy atom. The van der Waals surface area contributed by atoms with Crippen LogP contribution < -0.4 is 4.74 Å². The van der Waals surface area contributed by atoms with E-state index in [9.17, 15) is 5.11 Å². The number of hydrogen-bond acceptors (Lipinski definition) is 3. The molecule has 1 aromatic carbocycles. The first-order valence-corrected chi connectivity index (χ1v) is 5.64. The molecule has 0 radical (unpaired) electrons. The fraction of sp³-hybridized carbons (Fsp3) is 0.538. The molecule has 0 amide bonds. The molecule has 1 atom stereocenters. The molecule has 0 bridgehead atoms. The van der Waals surface area contributed by atoms with E-state index in [0.29, 0.717) is 19.8 Å². The highest BCUT2D eigenvalue weighted by atomic mass is 16.5. The molecule has 3 nitrogen and oxygen atoms in total. The van der Waals surface area contributed by atoms with Crippen molar-refractivity contribution in [1.82, 2.24) is 0 Å². The summed E-state index contributed by atoms with van der Waals surface area (Å²) in [5.74, 6) is 0.851. The molecule has 0 heterocycles. The quantitative estimate of drug-likeness (QED) is 0.754. The maximum Gasteiger partial charge on any atom is 0.122 e. The van der Waals surface area contributed by atoms with Gasteiger partial charge in [0.15, 0.2) is 0 Å². The van der Waals surface area contributed by atoms with Gasteiger partial charge in [0.2, 0.25) is 0 Å². The number of rotatable bonds is 6. The third-order valence-electron chi connectivity index (χ3n) is 2.37. The summed E-state index contributed by atoms with van der Waals surface area (Å²) >= 11 is 0. The van der Waals surface area contributed by atoms with Gasteiger partial charge in [-0.3, -0.25) is 0 Å². The van der Waals surface area contributed by atoms with Crippen LogP contribution in [0, 0.1) is 6.92 Å². The lowest BCUT2D eigenvalue weighted by Gasteiger charge is -2.11. The van der Waals surface area contributed by atoms with Crippen molar-refractivity contribution in [1.29, 1.82) is 0 Å². The second-order valence-electron chi connectivity index (χ2n) is 3.75. The van der Waals surface area contributed by atoms with Crippen LogP contribution in [0.4, 0.5) is 0 Å². The van der Waals surface area contributed by atoms with Crippen LogP contribution in [0.25, 0.3) is 0 Å². The molecule has 0 aliphatic heterocycles. The third kappa shape index (κ3) is 3.83. The van der Waals surface area contributed by atoms with E-state index in [1.165, 1.54) is 0 Å². The van der Waals surface area contributed by atoms with Crippen LogP contribution in [-0.2, 0) is 4.74 Å². The van der Waals surface area contributed by atoms with Crippen molar-refractivity contribution in [3.63, 3.8) is 0 Å².